The summed E-state index contributed by atoms with van der Waals surface area (Å²) in [7, 11) is -3.25. The lowest BCUT2D eigenvalue weighted by Crippen LogP contribution is -2.08. The number of thiol groups is 1. The zero-order chi connectivity index (χ0) is 13.7. The molecule has 4 heteroatoms. The van der Waals surface area contributed by atoms with Crippen molar-refractivity contribution in [2.45, 2.75) is 11.3 Å². The summed E-state index contributed by atoms with van der Waals surface area (Å²) in [5.74, 6) is 0.715. The maximum atomic E-state index is 12.4. The van der Waals surface area contributed by atoms with Gasteiger partial charge in [-0.05, 0) is 23.8 Å². The summed E-state index contributed by atoms with van der Waals surface area (Å²) in [6.45, 7) is 0. The summed E-state index contributed by atoms with van der Waals surface area (Å²) in [5, 5.41) is 0. The van der Waals surface area contributed by atoms with Crippen molar-refractivity contribution in [3.8, 4) is 11.1 Å². The molecule has 2 nitrogen and oxygen atoms in total. The van der Waals surface area contributed by atoms with Gasteiger partial charge in [-0.3, -0.25) is 0 Å². The first kappa shape index (κ1) is 14.2. The fraction of sp³-hybridized carbons (Fsp3) is 0.200. The highest BCUT2D eigenvalue weighted by molar-refractivity contribution is 7.91. The van der Waals surface area contributed by atoms with Crippen molar-refractivity contribution in [1.29, 1.82) is 0 Å². The van der Waals surface area contributed by atoms with E-state index in [2.05, 4.69) is 12.6 Å². The van der Waals surface area contributed by atoms with Gasteiger partial charge < -0.3 is 0 Å². The Bertz CT molecular complexity index is 634. The Kier molecular flexibility index (Phi) is 4.66. The number of hydrogen-bond donors (Lipinski definition) is 1. The maximum Gasteiger partial charge on any atom is 0.179 e. The number of hydrogen-bond acceptors (Lipinski definition) is 3. The summed E-state index contributed by atoms with van der Waals surface area (Å²) < 4.78 is 24.7. The first-order chi connectivity index (χ1) is 9.15. The molecule has 0 fully saturated rings. The molecule has 0 spiro atoms. The lowest BCUT2D eigenvalue weighted by atomic mass is 10.1. The van der Waals surface area contributed by atoms with E-state index in [1.165, 1.54) is 0 Å². The van der Waals surface area contributed by atoms with E-state index in [4.69, 9.17) is 0 Å². The topological polar surface area (TPSA) is 34.1 Å². The summed E-state index contributed by atoms with van der Waals surface area (Å²) in [5.41, 5.74) is 1.69. The van der Waals surface area contributed by atoms with E-state index in [0.717, 1.165) is 11.1 Å². The van der Waals surface area contributed by atoms with Crippen LogP contribution in [0.5, 0.6) is 0 Å². The fourth-order valence-electron chi connectivity index (χ4n) is 1.96. The van der Waals surface area contributed by atoms with Gasteiger partial charge in [0.05, 0.1) is 10.6 Å². The van der Waals surface area contributed by atoms with Crippen LogP contribution >= 0.6 is 12.6 Å². The molecule has 2 rings (SSSR count). The van der Waals surface area contributed by atoms with Crippen LogP contribution in [0.25, 0.3) is 11.1 Å². The third-order valence-corrected chi connectivity index (χ3v) is 5.05. The highest BCUT2D eigenvalue weighted by Crippen LogP contribution is 2.28. The van der Waals surface area contributed by atoms with E-state index in [0.29, 0.717) is 17.1 Å². The Morgan fingerprint density at radius 3 is 2.21 bits per heavy atom. The van der Waals surface area contributed by atoms with Crippen LogP contribution in [0.2, 0.25) is 0 Å². The molecule has 0 unspecified atom stereocenters. The molecule has 0 bridgehead atoms. The second kappa shape index (κ2) is 6.26. The Morgan fingerprint density at radius 2 is 1.53 bits per heavy atom. The molecule has 0 amide bonds. The first-order valence-electron chi connectivity index (χ1n) is 6.13. The van der Waals surface area contributed by atoms with Crippen molar-refractivity contribution in [1.82, 2.24) is 0 Å². The van der Waals surface area contributed by atoms with Crippen molar-refractivity contribution in [3.05, 3.63) is 54.6 Å². The highest BCUT2D eigenvalue weighted by atomic mass is 32.2. The molecule has 0 aliphatic rings. The molecule has 0 atom stereocenters. The van der Waals surface area contributed by atoms with Gasteiger partial charge in [-0.25, -0.2) is 8.42 Å². The summed E-state index contributed by atoms with van der Waals surface area (Å²) >= 11 is 4.08. The van der Waals surface area contributed by atoms with Crippen LogP contribution in [0, 0.1) is 0 Å². The maximum absolute atomic E-state index is 12.4. The predicted octanol–water partition coefficient (Wildman–Crippen LogP) is 3.45. The molecule has 0 aromatic heterocycles. The van der Waals surface area contributed by atoms with Gasteiger partial charge in [-0.15, -0.1) is 0 Å². The average Bonchev–Trinajstić information content (AvgIpc) is 2.46. The number of benzene rings is 2. The van der Waals surface area contributed by atoms with Crippen LogP contribution in [-0.2, 0) is 9.84 Å². The zero-order valence-corrected chi connectivity index (χ0v) is 12.2. The van der Waals surface area contributed by atoms with E-state index in [1.807, 2.05) is 42.5 Å². The third kappa shape index (κ3) is 3.39. The van der Waals surface area contributed by atoms with Crippen molar-refractivity contribution >= 4 is 22.5 Å². The third-order valence-electron chi connectivity index (χ3n) is 2.88. The van der Waals surface area contributed by atoms with Gasteiger partial charge >= 0.3 is 0 Å². The summed E-state index contributed by atoms with van der Waals surface area (Å²) in [4.78, 5) is 0.406. The lowest BCUT2D eigenvalue weighted by molar-refractivity contribution is 0.595. The van der Waals surface area contributed by atoms with Gasteiger partial charge in [0.15, 0.2) is 9.84 Å². The molecule has 19 heavy (non-hydrogen) atoms. The molecule has 100 valence electrons. The van der Waals surface area contributed by atoms with Crippen LogP contribution in [0.4, 0.5) is 0 Å². The van der Waals surface area contributed by atoms with Gasteiger partial charge in [-0.2, -0.15) is 12.6 Å². The van der Waals surface area contributed by atoms with Crippen LogP contribution in [0.1, 0.15) is 6.42 Å². The summed E-state index contributed by atoms with van der Waals surface area (Å²) in [6.07, 6.45) is 0.564. The smallest absolute Gasteiger partial charge is 0.179 e. The van der Waals surface area contributed by atoms with Gasteiger partial charge in [-0.1, -0.05) is 48.5 Å². The molecule has 0 N–H and O–H groups in total. The molecule has 0 saturated carbocycles. The van der Waals surface area contributed by atoms with Crippen LogP contribution in [-0.4, -0.2) is 19.9 Å². The van der Waals surface area contributed by atoms with Gasteiger partial charge in [0.1, 0.15) is 0 Å². The second-order valence-corrected chi connectivity index (χ2v) is 6.78. The normalized spacial score (nSPS) is 11.4. The molecule has 0 saturated heterocycles. The van der Waals surface area contributed by atoms with Crippen LogP contribution < -0.4 is 0 Å². The molecular weight excluding hydrogens is 276 g/mol. The minimum atomic E-state index is -3.25. The van der Waals surface area contributed by atoms with Gasteiger partial charge in [0.25, 0.3) is 0 Å². The largest absolute Gasteiger partial charge is 0.224 e. The van der Waals surface area contributed by atoms with E-state index in [9.17, 15) is 8.42 Å². The summed E-state index contributed by atoms with van der Waals surface area (Å²) in [6, 6.07) is 16.7. The van der Waals surface area contributed by atoms with Crippen LogP contribution in [0.15, 0.2) is 59.5 Å². The Hall–Kier alpha value is -1.26. The highest BCUT2D eigenvalue weighted by Gasteiger charge is 2.18. The minimum Gasteiger partial charge on any atom is -0.224 e. The number of sulfone groups is 1. The number of rotatable bonds is 5. The minimum absolute atomic E-state index is 0.139. The van der Waals surface area contributed by atoms with Crippen molar-refractivity contribution < 1.29 is 8.42 Å². The SMILES string of the molecule is O=S(=O)(CCCS)c1ccccc1-c1ccccc1. The molecule has 2 aromatic rings. The quantitative estimate of drug-likeness (QED) is 0.857. The van der Waals surface area contributed by atoms with Crippen LogP contribution in [0.3, 0.4) is 0 Å². The fourth-order valence-corrected chi connectivity index (χ4v) is 3.88. The Morgan fingerprint density at radius 1 is 0.895 bits per heavy atom. The van der Waals surface area contributed by atoms with Crippen molar-refractivity contribution in [2.75, 3.05) is 11.5 Å². The first-order valence-corrected chi connectivity index (χ1v) is 8.42. The van der Waals surface area contributed by atoms with Gasteiger partial charge in [0.2, 0.25) is 0 Å². The zero-order valence-electron chi connectivity index (χ0n) is 10.5. The Labute approximate surface area is 119 Å². The van der Waals surface area contributed by atoms with Crippen molar-refractivity contribution in [2.24, 2.45) is 0 Å². The van der Waals surface area contributed by atoms with E-state index in [-0.39, 0.29) is 5.75 Å². The van der Waals surface area contributed by atoms with E-state index < -0.39 is 9.84 Å². The molecule has 0 heterocycles. The second-order valence-electron chi connectivity index (χ2n) is 4.26. The standard InChI is InChI=1S/C15H16O2S2/c16-19(17,12-6-11-18)15-10-5-4-9-14(15)13-7-2-1-3-8-13/h1-5,7-10,18H,6,11-12H2. The molecule has 2 aromatic carbocycles. The lowest BCUT2D eigenvalue weighted by Gasteiger charge is -2.10. The average molecular weight is 292 g/mol. The predicted molar refractivity (Wildman–Crippen MR) is 82.4 cm³/mol. The molecular formula is C15H16O2S2. The van der Waals surface area contributed by atoms with E-state index in [1.54, 1.807) is 12.1 Å². The molecule has 0 aliphatic carbocycles. The molecule has 0 aliphatic heterocycles. The van der Waals surface area contributed by atoms with Gasteiger partial charge in [0, 0.05) is 5.56 Å². The van der Waals surface area contributed by atoms with Crippen molar-refractivity contribution in [3.63, 3.8) is 0 Å². The molecule has 0 radical (unpaired) electrons. The monoisotopic (exact) mass is 292 g/mol. The van der Waals surface area contributed by atoms with E-state index >= 15 is 0 Å². The Balaban J connectivity index is 2.48.